The van der Waals surface area contributed by atoms with Crippen LogP contribution < -0.4 is 0 Å². The molecule has 0 aliphatic carbocycles. The van der Waals surface area contributed by atoms with E-state index in [4.69, 9.17) is 28.3 Å². The number of hydrogen-bond donors (Lipinski definition) is 2. The molecule has 16 heavy (non-hydrogen) atoms. The summed E-state index contributed by atoms with van der Waals surface area (Å²) in [7, 11) is 0. The number of carboxylic acid groups (broad SMARTS) is 1. The van der Waals surface area contributed by atoms with Crippen molar-refractivity contribution >= 4 is 40.5 Å². The normalized spacial score (nSPS) is 12.7. The van der Waals surface area contributed by atoms with Crippen LogP contribution in [0.3, 0.4) is 0 Å². The standard InChI is InChI=1S/C10H12Cl2O3S/c11-8-5-6(10(12)16-8)7(13)3-1-2-4-9(14)15/h5,7,13H,1-4H2,(H,14,15). The van der Waals surface area contributed by atoms with Crippen LogP contribution in [-0.4, -0.2) is 16.2 Å². The van der Waals surface area contributed by atoms with E-state index in [1.165, 1.54) is 11.3 Å². The molecule has 1 unspecified atom stereocenters. The first-order valence-corrected chi connectivity index (χ1v) is 6.42. The number of aliphatic hydroxyl groups excluding tert-OH is 1. The predicted molar refractivity (Wildman–Crippen MR) is 65.4 cm³/mol. The van der Waals surface area contributed by atoms with E-state index in [1.807, 2.05) is 0 Å². The number of thiophene rings is 1. The average Bonchev–Trinajstić information content (AvgIpc) is 2.52. The molecule has 0 saturated heterocycles. The number of halogens is 2. The summed E-state index contributed by atoms with van der Waals surface area (Å²) < 4.78 is 1.04. The molecule has 0 aliphatic heterocycles. The van der Waals surface area contributed by atoms with E-state index in [0.717, 1.165) is 0 Å². The van der Waals surface area contributed by atoms with Crippen LogP contribution in [0.1, 0.15) is 37.4 Å². The predicted octanol–water partition coefficient (Wildman–Crippen LogP) is 3.73. The molecular weight excluding hydrogens is 271 g/mol. The summed E-state index contributed by atoms with van der Waals surface area (Å²) in [4.78, 5) is 10.3. The second kappa shape index (κ2) is 6.45. The van der Waals surface area contributed by atoms with Gasteiger partial charge in [-0.1, -0.05) is 23.2 Å². The van der Waals surface area contributed by atoms with Crippen molar-refractivity contribution in [2.45, 2.75) is 31.8 Å². The van der Waals surface area contributed by atoms with Gasteiger partial charge in [0.2, 0.25) is 0 Å². The highest BCUT2D eigenvalue weighted by molar-refractivity contribution is 7.20. The molecule has 0 aromatic carbocycles. The smallest absolute Gasteiger partial charge is 0.303 e. The van der Waals surface area contributed by atoms with E-state index >= 15 is 0 Å². The van der Waals surface area contributed by atoms with Gasteiger partial charge in [-0.25, -0.2) is 0 Å². The molecule has 90 valence electrons. The van der Waals surface area contributed by atoms with Gasteiger partial charge >= 0.3 is 5.97 Å². The fraction of sp³-hybridized carbons (Fsp3) is 0.500. The van der Waals surface area contributed by atoms with Crippen molar-refractivity contribution < 1.29 is 15.0 Å². The molecule has 3 nitrogen and oxygen atoms in total. The zero-order chi connectivity index (χ0) is 12.1. The van der Waals surface area contributed by atoms with Crippen molar-refractivity contribution in [3.05, 3.63) is 20.3 Å². The number of hydrogen-bond acceptors (Lipinski definition) is 3. The summed E-state index contributed by atoms with van der Waals surface area (Å²) in [6, 6.07) is 1.65. The lowest BCUT2D eigenvalue weighted by atomic mass is 10.1. The second-order valence-corrected chi connectivity index (χ2v) is 5.72. The molecule has 1 aromatic rings. The van der Waals surface area contributed by atoms with Gasteiger partial charge in [0, 0.05) is 12.0 Å². The van der Waals surface area contributed by atoms with Crippen LogP contribution in [0.2, 0.25) is 8.67 Å². The maximum Gasteiger partial charge on any atom is 0.303 e. The summed E-state index contributed by atoms with van der Waals surface area (Å²) >= 11 is 12.9. The van der Waals surface area contributed by atoms with Crippen molar-refractivity contribution in [2.24, 2.45) is 0 Å². The Labute approximate surface area is 108 Å². The third-order valence-corrected chi connectivity index (χ3v) is 3.68. The Hall–Kier alpha value is -0.290. The number of aliphatic carboxylic acids is 1. The zero-order valence-corrected chi connectivity index (χ0v) is 10.8. The summed E-state index contributed by atoms with van der Waals surface area (Å²) in [5.41, 5.74) is 0.631. The van der Waals surface area contributed by atoms with Crippen molar-refractivity contribution in [3.63, 3.8) is 0 Å². The Bertz CT molecular complexity index is 365. The fourth-order valence-electron chi connectivity index (χ4n) is 1.35. The van der Waals surface area contributed by atoms with E-state index in [9.17, 15) is 9.90 Å². The van der Waals surface area contributed by atoms with E-state index in [2.05, 4.69) is 0 Å². The van der Waals surface area contributed by atoms with Crippen molar-refractivity contribution in [3.8, 4) is 0 Å². The highest BCUT2D eigenvalue weighted by Gasteiger charge is 2.14. The Balaban J connectivity index is 2.38. The summed E-state index contributed by atoms with van der Waals surface area (Å²) in [5.74, 6) is -0.814. The molecule has 1 aromatic heterocycles. The number of aliphatic hydroxyl groups is 1. The Morgan fingerprint density at radius 3 is 2.62 bits per heavy atom. The molecule has 1 heterocycles. The van der Waals surface area contributed by atoms with E-state index in [0.29, 0.717) is 33.5 Å². The van der Waals surface area contributed by atoms with Crippen LogP contribution >= 0.6 is 34.5 Å². The van der Waals surface area contributed by atoms with Crippen LogP contribution in [0.15, 0.2) is 6.07 Å². The third-order valence-electron chi connectivity index (χ3n) is 2.16. The topological polar surface area (TPSA) is 57.5 Å². The summed E-state index contributed by atoms with van der Waals surface area (Å²) in [6.07, 6.45) is 1.18. The molecule has 1 atom stereocenters. The molecule has 0 radical (unpaired) electrons. The number of carbonyl (C=O) groups is 1. The summed E-state index contributed by atoms with van der Waals surface area (Å²) in [6.45, 7) is 0. The highest BCUT2D eigenvalue weighted by atomic mass is 35.5. The van der Waals surface area contributed by atoms with Crippen LogP contribution in [-0.2, 0) is 4.79 Å². The minimum Gasteiger partial charge on any atom is -0.481 e. The highest BCUT2D eigenvalue weighted by Crippen LogP contribution is 2.36. The van der Waals surface area contributed by atoms with Crippen LogP contribution in [0.5, 0.6) is 0 Å². The van der Waals surface area contributed by atoms with Gasteiger partial charge in [0.05, 0.1) is 10.4 Å². The zero-order valence-electron chi connectivity index (χ0n) is 8.45. The van der Waals surface area contributed by atoms with E-state index < -0.39 is 12.1 Å². The Kier molecular flexibility index (Phi) is 5.55. The van der Waals surface area contributed by atoms with Gasteiger partial charge in [-0.05, 0) is 25.3 Å². The van der Waals surface area contributed by atoms with Crippen LogP contribution in [0.4, 0.5) is 0 Å². The molecule has 0 fully saturated rings. The lowest BCUT2D eigenvalue weighted by molar-refractivity contribution is -0.137. The number of rotatable bonds is 6. The Morgan fingerprint density at radius 2 is 2.12 bits per heavy atom. The van der Waals surface area contributed by atoms with Gasteiger partial charge in [-0.2, -0.15) is 0 Å². The van der Waals surface area contributed by atoms with Gasteiger partial charge in [-0.15, -0.1) is 11.3 Å². The lowest BCUT2D eigenvalue weighted by Crippen LogP contribution is -1.98. The first-order chi connectivity index (χ1) is 7.50. The molecule has 0 spiro atoms. The SMILES string of the molecule is O=C(O)CCCCC(O)c1cc(Cl)sc1Cl. The first-order valence-electron chi connectivity index (χ1n) is 4.85. The van der Waals surface area contributed by atoms with E-state index in [-0.39, 0.29) is 6.42 Å². The van der Waals surface area contributed by atoms with E-state index in [1.54, 1.807) is 6.07 Å². The van der Waals surface area contributed by atoms with Gasteiger partial charge in [0.15, 0.2) is 0 Å². The number of unbranched alkanes of at least 4 members (excludes halogenated alkanes) is 1. The molecule has 0 amide bonds. The van der Waals surface area contributed by atoms with Crippen molar-refractivity contribution in [1.82, 2.24) is 0 Å². The van der Waals surface area contributed by atoms with Crippen LogP contribution in [0.25, 0.3) is 0 Å². The lowest BCUT2D eigenvalue weighted by Gasteiger charge is -2.08. The minimum absolute atomic E-state index is 0.130. The maximum atomic E-state index is 10.3. The number of carboxylic acids is 1. The average molecular weight is 283 g/mol. The van der Waals surface area contributed by atoms with Crippen molar-refractivity contribution in [1.29, 1.82) is 0 Å². The fourth-order valence-corrected chi connectivity index (χ4v) is 2.92. The Morgan fingerprint density at radius 1 is 1.44 bits per heavy atom. The molecule has 0 saturated carbocycles. The third kappa shape index (κ3) is 4.29. The molecule has 0 aliphatic rings. The molecule has 2 N–H and O–H groups in total. The van der Waals surface area contributed by atoms with Gasteiger partial charge < -0.3 is 10.2 Å². The molecule has 6 heteroatoms. The molecule has 1 rings (SSSR count). The molecule has 0 bridgehead atoms. The monoisotopic (exact) mass is 282 g/mol. The van der Waals surface area contributed by atoms with Crippen molar-refractivity contribution in [2.75, 3.05) is 0 Å². The minimum atomic E-state index is -0.814. The van der Waals surface area contributed by atoms with Gasteiger partial charge in [0.25, 0.3) is 0 Å². The largest absolute Gasteiger partial charge is 0.481 e. The van der Waals surface area contributed by atoms with Gasteiger partial charge in [-0.3, -0.25) is 4.79 Å². The first kappa shape index (κ1) is 13.8. The quantitative estimate of drug-likeness (QED) is 0.782. The summed E-state index contributed by atoms with van der Waals surface area (Å²) in [5, 5.41) is 18.2. The maximum absolute atomic E-state index is 10.3. The molecular formula is C10H12Cl2O3S. The van der Waals surface area contributed by atoms with Gasteiger partial charge in [0.1, 0.15) is 4.34 Å². The second-order valence-electron chi connectivity index (χ2n) is 3.43. The van der Waals surface area contributed by atoms with Crippen LogP contribution in [0, 0.1) is 0 Å².